The van der Waals surface area contributed by atoms with Crippen LogP contribution in [0.1, 0.15) is 50.5 Å². The summed E-state index contributed by atoms with van der Waals surface area (Å²) in [7, 11) is 0. The summed E-state index contributed by atoms with van der Waals surface area (Å²) in [4.78, 5) is 13.9. The van der Waals surface area contributed by atoms with E-state index in [9.17, 15) is 9.65 Å². The Morgan fingerprint density at radius 3 is 2.89 bits per heavy atom. The van der Waals surface area contributed by atoms with Crippen LogP contribution in [0, 0.1) is 28.9 Å². The van der Waals surface area contributed by atoms with Crippen LogP contribution in [0.15, 0.2) is 36.2 Å². The molecule has 47 heavy (non-hydrogen) atoms. The highest BCUT2D eigenvalue weighted by Gasteiger charge is 2.53. The van der Waals surface area contributed by atoms with Gasteiger partial charge in [0.15, 0.2) is 5.82 Å². The van der Waals surface area contributed by atoms with Crippen molar-refractivity contribution in [2.45, 2.75) is 62.1 Å². The highest BCUT2D eigenvalue weighted by Crippen LogP contribution is 2.49. The Morgan fingerprint density at radius 1 is 1.21 bits per heavy atom. The van der Waals surface area contributed by atoms with Crippen molar-refractivity contribution in [2.75, 3.05) is 43.4 Å². The lowest BCUT2D eigenvalue weighted by molar-refractivity contribution is 0.108. The number of fused-ring (bicyclic) bond motifs is 5. The molecule has 4 aromatic rings. The van der Waals surface area contributed by atoms with Crippen LogP contribution in [0.4, 0.5) is 24.0 Å². The van der Waals surface area contributed by atoms with Gasteiger partial charge in [-0.3, -0.25) is 4.90 Å². The first-order valence-electron chi connectivity index (χ1n) is 16.4. The maximum Gasteiger partial charge on any atom is 0.319 e. The van der Waals surface area contributed by atoms with Gasteiger partial charge in [0.1, 0.15) is 34.8 Å². The van der Waals surface area contributed by atoms with Crippen LogP contribution >= 0.6 is 11.3 Å². The Morgan fingerprint density at radius 2 is 2.09 bits per heavy atom. The first-order valence-corrected chi connectivity index (χ1v) is 17.2. The second kappa shape index (κ2) is 10.5. The summed E-state index contributed by atoms with van der Waals surface area (Å²) in [6, 6.07) is 8.83. The molecule has 3 atom stereocenters. The smallest absolute Gasteiger partial charge is 0.319 e. The second-order valence-corrected chi connectivity index (χ2v) is 15.2. The lowest BCUT2D eigenvalue weighted by Gasteiger charge is -2.42. The number of hydrogen-bond acceptors (Lipinski definition) is 9. The molecule has 1 aliphatic carbocycles. The maximum atomic E-state index is 17.0. The molecule has 6 heterocycles. The summed E-state index contributed by atoms with van der Waals surface area (Å²) in [6.45, 7) is 3.00. The first kappa shape index (κ1) is 29.2. The molecule has 1 saturated carbocycles. The second-order valence-electron chi connectivity index (χ2n) is 14.1. The standard InChI is InChI=1S/C35H34F3N7OS/c36-13-19-12-34(8-2-10-45(34)15-19)18-46-33-41-30-23(32(42-33)44-16-21-7-9-35(17-44,43-21)20-5-6-20)11-25(37)28(29(30)38)22-3-1-4-26-27(22)24(14-39)31(40)47-26/h1,3-4,11,13,20-21,43H,2,5-10,12,15-18,40H2/b19-13-/t21-,34-,35+/m0/s1. The van der Waals surface area contributed by atoms with E-state index in [4.69, 9.17) is 15.5 Å². The number of hydrogen-bond donors (Lipinski definition) is 2. The predicted molar refractivity (Wildman–Crippen MR) is 176 cm³/mol. The van der Waals surface area contributed by atoms with Crippen LogP contribution in [0.25, 0.3) is 32.1 Å². The van der Waals surface area contributed by atoms with Gasteiger partial charge < -0.3 is 20.7 Å². The largest absolute Gasteiger partial charge is 0.461 e. The minimum Gasteiger partial charge on any atom is -0.461 e. The zero-order valence-electron chi connectivity index (χ0n) is 25.8. The van der Waals surface area contributed by atoms with E-state index in [2.05, 4.69) is 26.2 Å². The number of rotatable bonds is 6. The highest BCUT2D eigenvalue weighted by molar-refractivity contribution is 7.23. The summed E-state index contributed by atoms with van der Waals surface area (Å²) in [5.74, 6) is -0.560. The van der Waals surface area contributed by atoms with Gasteiger partial charge in [-0.1, -0.05) is 12.1 Å². The van der Waals surface area contributed by atoms with E-state index in [0.29, 0.717) is 59.2 Å². The van der Waals surface area contributed by atoms with Gasteiger partial charge in [-0.2, -0.15) is 15.2 Å². The van der Waals surface area contributed by atoms with Crippen molar-refractivity contribution in [1.29, 1.82) is 5.26 Å². The Bertz CT molecular complexity index is 2040. The zero-order chi connectivity index (χ0) is 32.1. The third-order valence-electron chi connectivity index (χ3n) is 11.3. The van der Waals surface area contributed by atoms with Crippen molar-refractivity contribution >= 4 is 43.1 Å². The Kier molecular flexibility index (Phi) is 6.56. The minimum atomic E-state index is -0.839. The molecule has 242 valence electrons. The number of anilines is 2. The minimum absolute atomic E-state index is 0.0184. The zero-order valence-corrected chi connectivity index (χ0v) is 26.6. The number of nitriles is 1. The number of benzene rings is 2. The molecular formula is C35H34F3N7OS. The number of nitrogens with one attached hydrogen (secondary N) is 1. The van der Waals surface area contributed by atoms with Crippen molar-refractivity contribution in [2.24, 2.45) is 5.92 Å². The molecule has 4 aliphatic heterocycles. The quantitative estimate of drug-likeness (QED) is 0.245. The lowest BCUT2D eigenvalue weighted by Crippen LogP contribution is -2.61. The van der Waals surface area contributed by atoms with Crippen molar-refractivity contribution in [3.63, 3.8) is 0 Å². The number of thiophene rings is 1. The van der Waals surface area contributed by atoms with Crippen molar-refractivity contribution in [1.82, 2.24) is 20.2 Å². The Hall–Kier alpha value is -3.92. The third kappa shape index (κ3) is 4.46. The van der Waals surface area contributed by atoms with Gasteiger partial charge in [0, 0.05) is 46.7 Å². The molecule has 9 rings (SSSR count). The van der Waals surface area contributed by atoms with Crippen molar-refractivity contribution < 1.29 is 17.9 Å². The number of ether oxygens (including phenoxy) is 1. The molecule has 4 saturated heterocycles. The fourth-order valence-electron chi connectivity index (χ4n) is 9.01. The molecule has 3 N–H and O–H groups in total. The van der Waals surface area contributed by atoms with E-state index in [1.54, 1.807) is 18.2 Å². The molecule has 5 aliphatic rings. The summed E-state index contributed by atoms with van der Waals surface area (Å²) in [5.41, 5.74) is 6.61. The molecule has 2 aromatic carbocycles. The molecule has 2 bridgehead atoms. The van der Waals surface area contributed by atoms with Crippen LogP contribution < -0.4 is 20.7 Å². The number of nitrogens with zero attached hydrogens (tertiary/aromatic N) is 5. The van der Waals surface area contributed by atoms with Crippen LogP contribution in [-0.2, 0) is 0 Å². The number of piperazine rings is 1. The molecule has 0 spiro atoms. The van der Waals surface area contributed by atoms with Crippen molar-refractivity contribution in [3.8, 4) is 23.2 Å². The molecule has 0 amide bonds. The van der Waals surface area contributed by atoms with Gasteiger partial charge in [-0.15, -0.1) is 11.3 Å². The molecule has 0 radical (unpaired) electrons. The Labute approximate surface area is 274 Å². The lowest BCUT2D eigenvalue weighted by atomic mass is 9.90. The van der Waals surface area contributed by atoms with E-state index in [0.717, 1.165) is 37.8 Å². The average Bonchev–Trinajstić information content (AvgIpc) is 3.53. The number of halogens is 3. The summed E-state index contributed by atoms with van der Waals surface area (Å²) in [6.07, 6.45) is 7.56. The number of aromatic nitrogens is 2. The fourth-order valence-corrected chi connectivity index (χ4v) is 9.96. The van der Waals surface area contributed by atoms with Gasteiger partial charge in [-0.25, -0.2) is 13.2 Å². The van der Waals surface area contributed by atoms with Crippen LogP contribution in [0.2, 0.25) is 0 Å². The summed E-state index contributed by atoms with van der Waals surface area (Å²) in [5, 5.41) is 14.7. The van der Waals surface area contributed by atoms with E-state index < -0.39 is 11.6 Å². The average molecular weight is 658 g/mol. The van der Waals surface area contributed by atoms with E-state index >= 15 is 8.78 Å². The molecule has 8 nitrogen and oxygen atoms in total. The number of nitrogen functional groups attached to an aromatic ring is 1. The molecule has 5 fully saturated rings. The molecule has 12 heteroatoms. The Balaban J connectivity index is 1.19. The molecule has 0 unspecified atom stereocenters. The predicted octanol–water partition coefficient (Wildman–Crippen LogP) is 6.43. The van der Waals surface area contributed by atoms with Gasteiger partial charge >= 0.3 is 6.01 Å². The highest BCUT2D eigenvalue weighted by atomic mass is 32.1. The topological polar surface area (TPSA) is 103 Å². The van der Waals surface area contributed by atoms with E-state index in [-0.39, 0.29) is 57.3 Å². The SMILES string of the molecule is N#Cc1c(N)sc2cccc(-c3c(F)cc4c(N5C[C@@H]6CC[C@](C7CC7)(C5)N6)nc(OC[C@@]56CCCN5C/C(=C\F)C6)nc4c3F)c12. The number of nitrogens with two attached hydrogens (primary N) is 1. The van der Waals surface area contributed by atoms with Gasteiger partial charge in [0.25, 0.3) is 0 Å². The van der Waals surface area contributed by atoms with Crippen molar-refractivity contribution in [3.05, 3.63) is 53.4 Å². The third-order valence-corrected chi connectivity index (χ3v) is 12.3. The molecular weight excluding hydrogens is 623 g/mol. The molecule has 2 aromatic heterocycles. The summed E-state index contributed by atoms with van der Waals surface area (Å²) >= 11 is 1.21. The summed E-state index contributed by atoms with van der Waals surface area (Å²) < 4.78 is 53.9. The van der Waals surface area contributed by atoms with Crippen LogP contribution in [0.5, 0.6) is 6.01 Å². The monoisotopic (exact) mass is 657 g/mol. The van der Waals surface area contributed by atoms with Gasteiger partial charge in [0.05, 0.1) is 23.0 Å². The first-order chi connectivity index (χ1) is 22.8. The van der Waals surface area contributed by atoms with Gasteiger partial charge in [0.2, 0.25) is 0 Å². The normalized spacial score (nSPS) is 28.1. The van der Waals surface area contributed by atoms with Crippen LogP contribution in [-0.4, -0.2) is 64.8 Å². The van der Waals surface area contributed by atoms with Crippen LogP contribution in [0.3, 0.4) is 0 Å². The maximum absolute atomic E-state index is 17.0. The fraction of sp³-hybridized carbons (Fsp3) is 0.457. The van der Waals surface area contributed by atoms with Gasteiger partial charge in [-0.05, 0) is 80.7 Å². The van der Waals surface area contributed by atoms with E-state index in [1.807, 2.05) is 0 Å². The van der Waals surface area contributed by atoms with E-state index in [1.165, 1.54) is 30.2 Å².